The maximum Gasteiger partial charge on any atom is 0.164 e. The maximum absolute atomic E-state index is 5.33. The lowest BCUT2D eigenvalue weighted by Crippen LogP contribution is -2.43. The standard InChI is InChI=1S/C65H41N3/c1-3-17-42(18-4-1)43-31-33-44(34-32-43)45-35-37-47(38-36-45)62-66-61(46-19-5-2-6-20-46)67-63(68-62)48-39-40-52-51-23-9-12-26-55(51)65(60(52)41-48)58-29-15-13-27-56(58)64(57-28-14-16-30-59(57)65)53-24-10-7-21-49(53)50-22-8-11-25-54(50)64/h1-41H. The molecule has 11 aromatic rings. The molecule has 14 rings (SSSR count). The second-order valence-electron chi connectivity index (χ2n) is 18.2. The Morgan fingerprint density at radius 1 is 0.191 bits per heavy atom. The first-order valence-corrected chi connectivity index (χ1v) is 23.4. The Balaban J connectivity index is 0.954. The molecule has 0 saturated heterocycles. The summed E-state index contributed by atoms with van der Waals surface area (Å²) >= 11 is 0. The zero-order valence-corrected chi connectivity index (χ0v) is 37.0. The van der Waals surface area contributed by atoms with E-state index in [1.165, 1.54) is 77.9 Å². The lowest BCUT2D eigenvalue weighted by molar-refractivity contribution is 0.633. The zero-order valence-electron chi connectivity index (χ0n) is 37.0. The van der Waals surface area contributed by atoms with Gasteiger partial charge in [0.2, 0.25) is 0 Å². The van der Waals surface area contributed by atoms with E-state index in [0.29, 0.717) is 17.5 Å². The van der Waals surface area contributed by atoms with Crippen molar-refractivity contribution in [2.24, 2.45) is 0 Å². The highest BCUT2D eigenvalue weighted by atomic mass is 15.0. The predicted octanol–water partition coefficient (Wildman–Crippen LogP) is 15.2. The van der Waals surface area contributed by atoms with Crippen LogP contribution in [-0.4, -0.2) is 15.0 Å². The molecule has 0 saturated carbocycles. The van der Waals surface area contributed by atoms with Gasteiger partial charge in [-0.1, -0.05) is 243 Å². The van der Waals surface area contributed by atoms with Gasteiger partial charge in [0, 0.05) is 16.7 Å². The van der Waals surface area contributed by atoms with Crippen molar-refractivity contribution in [3.63, 3.8) is 0 Å². The van der Waals surface area contributed by atoms with E-state index in [4.69, 9.17) is 15.0 Å². The third-order valence-corrected chi connectivity index (χ3v) is 14.9. The summed E-state index contributed by atoms with van der Waals surface area (Å²) in [5, 5.41) is 0. The van der Waals surface area contributed by atoms with Gasteiger partial charge in [0.15, 0.2) is 17.5 Å². The quantitative estimate of drug-likeness (QED) is 0.173. The molecule has 0 bridgehead atoms. The summed E-state index contributed by atoms with van der Waals surface area (Å²) in [5.74, 6) is 1.90. The van der Waals surface area contributed by atoms with E-state index in [0.717, 1.165) is 27.8 Å². The highest BCUT2D eigenvalue weighted by Gasteiger charge is 2.58. The van der Waals surface area contributed by atoms with Crippen molar-refractivity contribution >= 4 is 0 Å². The number of hydrogen-bond acceptors (Lipinski definition) is 3. The van der Waals surface area contributed by atoms with E-state index in [9.17, 15) is 0 Å². The van der Waals surface area contributed by atoms with E-state index >= 15 is 0 Å². The molecule has 3 nitrogen and oxygen atoms in total. The van der Waals surface area contributed by atoms with Crippen LogP contribution in [-0.2, 0) is 10.8 Å². The maximum atomic E-state index is 5.33. The van der Waals surface area contributed by atoms with Crippen molar-refractivity contribution in [1.29, 1.82) is 0 Å². The van der Waals surface area contributed by atoms with Crippen molar-refractivity contribution in [3.05, 3.63) is 293 Å². The molecule has 0 amide bonds. The summed E-state index contributed by atoms with van der Waals surface area (Å²) in [5.41, 5.74) is 21.8. The summed E-state index contributed by atoms with van der Waals surface area (Å²) < 4.78 is 0. The molecule has 0 fully saturated rings. The summed E-state index contributed by atoms with van der Waals surface area (Å²) in [4.78, 5) is 15.8. The zero-order chi connectivity index (χ0) is 44.8. The molecule has 68 heavy (non-hydrogen) atoms. The van der Waals surface area contributed by atoms with Gasteiger partial charge in [-0.2, -0.15) is 0 Å². The largest absolute Gasteiger partial charge is 0.208 e. The Morgan fingerprint density at radius 3 is 0.882 bits per heavy atom. The second-order valence-corrected chi connectivity index (χ2v) is 18.2. The second kappa shape index (κ2) is 14.9. The first-order chi connectivity index (χ1) is 33.7. The molecular weight excluding hydrogens is 823 g/mol. The minimum absolute atomic E-state index is 0.504. The predicted molar refractivity (Wildman–Crippen MR) is 275 cm³/mol. The van der Waals surface area contributed by atoms with Crippen molar-refractivity contribution < 1.29 is 0 Å². The van der Waals surface area contributed by atoms with Crippen molar-refractivity contribution in [2.75, 3.05) is 0 Å². The Morgan fingerprint density at radius 2 is 0.456 bits per heavy atom. The Kier molecular flexibility index (Phi) is 8.41. The molecule has 2 spiro atoms. The summed E-state index contributed by atoms with van der Waals surface area (Å²) in [6.45, 7) is 0. The van der Waals surface area contributed by atoms with Crippen LogP contribution >= 0.6 is 0 Å². The Labute approximate surface area is 395 Å². The number of benzene rings is 10. The number of rotatable bonds is 5. The fraction of sp³-hybridized carbons (Fsp3) is 0.0308. The minimum Gasteiger partial charge on any atom is -0.208 e. The molecule has 0 aliphatic heterocycles. The summed E-state index contributed by atoms with van der Waals surface area (Å²) in [6, 6.07) is 90.7. The molecule has 3 aliphatic rings. The lowest BCUT2D eigenvalue weighted by Gasteiger charge is -2.48. The first-order valence-electron chi connectivity index (χ1n) is 23.4. The van der Waals surface area contributed by atoms with E-state index in [1.54, 1.807) is 0 Å². The molecule has 0 unspecified atom stereocenters. The van der Waals surface area contributed by atoms with Gasteiger partial charge in [-0.05, 0) is 95.1 Å². The van der Waals surface area contributed by atoms with Crippen LogP contribution in [0.2, 0.25) is 0 Å². The van der Waals surface area contributed by atoms with Crippen molar-refractivity contribution in [3.8, 4) is 78.7 Å². The van der Waals surface area contributed by atoms with E-state index in [-0.39, 0.29) is 0 Å². The normalized spacial score (nSPS) is 13.8. The van der Waals surface area contributed by atoms with E-state index < -0.39 is 10.8 Å². The monoisotopic (exact) mass is 863 g/mol. The third-order valence-electron chi connectivity index (χ3n) is 14.9. The van der Waals surface area contributed by atoms with Gasteiger partial charge in [0.05, 0.1) is 10.8 Å². The highest BCUT2D eigenvalue weighted by molar-refractivity contribution is 5.94. The Bertz CT molecular complexity index is 3680. The van der Waals surface area contributed by atoms with Crippen LogP contribution in [0.3, 0.4) is 0 Å². The van der Waals surface area contributed by atoms with Gasteiger partial charge >= 0.3 is 0 Å². The molecule has 1 aromatic heterocycles. The smallest absolute Gasteiger partial charge is 0.164 e. The topological polar surface area (TPSA) is 38.7 Å². The number of fused-ring (bicyclic) bond motifs is 16. The number of hydrogen-bond donors (Lipinski definition) is 0. The number of aromatic nitrogens is 3. The Hall–Kier alpha value is -8.79. The average molecular weight is 864 g/mol. The van der Waals surface area contributed by atoms with E-state index in [1.807, 2.05) is 18.2 Å². The molecule has 0 atom stereocenters. The van der Waals surface area contributed by atoms with Gasteiger partial charge < -0.3 is 0 Å². The molecule has 1 heterocycles. The average Bonchev–Trinajstić information content (AvgIpc) is 3.89. The van der Waals surface area contributed by atoms with Gasteiger partial charge in [0.1, 0.15) is 0 Å². The van der Waals surface area contributed by atoms with Crippen LogP contribution in [0.1, 0.15) is 44.5 Å². The molecule has 3 heteroatoms. The highest BCUT2D eigenvalue weighted by Crippen LogP contribution is 2.67. The molecule has 316 valence electrons. The van der Waals surface area contributed by atoms with Crippen LogP contribution < -0.4 is 0 Å². The van der Waals surface area contributed by atoms with Crippen molar-refractivity contribution in [2.45, 2.75) is 10.8 Å². The minimum atomic E-state index is -0.625. The molecule has 3 aliphatic carbocycles. The van der Waals surface area contributed by atoms with Gasteiger partial charge in [-0.25, -0.2) is 15.0 Å². The van der Waals surface area contributed by atoms with Gasteiger partial charge in [-0.3, -0.25) is 0 Å². The SMILES string of the molecule is c1ccc(-c2ccc(-c3ccc(-c4nc(-c5ccccc5)nc(-c5ccc6c(c5)C5(c7ccccc7-6)c6ccccc6C6(c7ccccc7-c7ccccc76)c6ccccc65)n4)cc3)cc2)cc1. The fourth-order valence-electron chi connectivity index (χ4n) is 12.0. The molecule has 0 N–H and O–H groups in total. The van der Waals surface area contributed by atoms with Crippen LogP contribution in [0.15, 0.2) is 249 Å². The summed E-state index contributed by atoms with van der Waals surface area (Å²) in [6.07, 6.45) is 0. The van der Waals surface area contributed by atoms with Crippen LogP contribution in [0, 0.1) is 0 Å². The molecular formula is C65H41N3. The van der Waals surface area contributed by atoms with Crippen LogP contribution in [0.5, 0.6) is 0 Å². The van der Waals surface area contributed by atoms with E-state index in [2.05, 4.69) is 231 Å². The third kappa shape index (κ3) is 5.39. The van der Waals surface area contributed by atoms with Crippen molar-refractivity contribution in [1.82, 2.24) is 15.0 Å². The van der Waals surface area contributed by atoms with Crippen LogP contribution in [0.4, 0.5) is 0 Å². The molecule has 0 radical (unpaired) electrons. The number of nitrogens with zero attached hydrogens (tertiary/aromatic N) is 3. The van der Waals surface area contributed by atoms with Gasteiger partial charge in [0.25, 0.3) is 0 Å². The van der Waals surface area contributed by atoms with Gasteiger partial charge in [-0.15, -0.1) is 0 Å². The lowest BCUT2D eigenvalue weighted by atomic mass is 9.52. The first kappa shape index (κ1) is 38.5. The summed E-state index contributed by atoms with van der Waals surface area (Å²) in [7, 11) is 0. The van der Waals surface area contributed by atoms with Crippen LogP contribution in [0.25, 0.3) is 78.7 Å². The fourth-order valence-corrected chi connectivity index (χ4v) is 12.0. The molecule has 10 aromatic carbocycles.